The van der Waals surface area contributed by atoms with Gasteiger partial charge < -0.3 is 5.73 Å². The van der Waals surface area contributed by atoms with Gasteiger partial charge in [0, 0.05) is 10.9 Å². The van der Waals surface area contributed by atoms with E-state index >= 15 is 0 Å². The smallest absolute Gasteiger partial charge is 0.267 e. The molecule has 0 radical (unpaired) electrons. The molecule has 2 N–H and O–H groups in total. The molecule has 1 heterocycles. The molecule has 1 rings (SSSR count). The summed E-state index contributed by atoms with van der Waals surface area (Å²) in [5.41, 5.74) is 4.63. The zero-order valence-electron chi connectivity index (χ0n) is 6.40. The van der Waals surface area contributed by atoms with Crippen LogP contribution in [0.25, 0.3) is 0 Å². The number of aromatic nitrogens is 1. The predicted octanol–water partition coefficient (Wildman–Crippen LogP) is 2.64. The van der Waals surface area contributed by atoms with Crippen LogP contribution in [0.15, 0.2) is 6.20 Å². The molecule has 0 aliphatic heterocycles. The third-order valence-electron chi connectivity index (χ3n) is 1.56. The fourth-order valence-electron chi connectivity index (χ4n) is 0.932. The van der Waals surface area contributed by atoms with E-state index in [2.05, 4.69) is 20.9 Å². The second-order valence-corrected chi connectivity index (χ2v) is 2.88. The number of anilines is 1. The highest BCUT2D eigenvalue weighted by molar-refractivity contribution is 9.08. The second-order valence-electron chi connectivity index (χ2n) is 2.32. The quantitative estimate of drug-likeness (QED) is 0.825. The van der Waals surface area contributed by atoms with Gasteiger partial charge in [-0.05, 0) is 0 Å². The van der Waals surface area contributed by atoms with Crippen molar-refractivity contribution in [1.29, 1.82) is 0 Å². The summed E-state index contributed by atoms with van der Waals surface area (Å²) in [6, 6.07) is 0. The van der Waals surface area contributed by atoms with E-state index < -0.39 is 17.8 Å². The first-order valence-electron chi connectivity index (χ1n) is 3.34. The number of nitrogens with zero attached hydrogens (tertiary/aromatic N) is 1. The Bertz CT molecular complexity index is 317. The van der Waals surface area contributed by atoms with Crippen LogP contribution in [-0.4, -0.2) is 4.98 Å². The minimum atomic E-state index is -2.88. The van der Waals surface area contributed by atoms with Crippen molar-refractivity contribution in [3.05, 3.63) is 23.1 Å². The topological polar surface area (TPSA) is 38.9 Å². The van der Waals surface area contributed by atoms with Gasteiger partial charge in [-0.15, -0.1) is 0 Å². The fraction of sp³-hybridized carbons (Fsp3) is 0.286. The van der Waals surface area contributed by atoms with E-state index in [0.717, 1.165) is 0 Å². The van der Waals surface area contributed by atoms with Crippen LogP contribution in [0.5, 0.6) is 0 Å². The fourth-order valence-corrected chi connectivity index (χ4v) is 1.52. The van der Waals surface area contributed by atoms with Gasteiger partial charge in [0.1, 0.15) is 5.82 Å². The SMILES string of the molecule is Nc1ncc(F)c(C(F)F)c1CBr. The molecule has 72 valence electrons. The number of alkyl halides is 3. The Labute approximate surface area is 81.1 Å². The van der Waals surface area contributed by atoms with E-state index in [1.807, 2.05) is 0 Å². The summed E-state index contributed by atoms with van der Waals surface area (Å²) in [4.78, 5) is 3.43. The van der Waals surface area contributed by atoms with Crippen LogP contribution in [0.2, 0.25) is 0 Å². The average Bonchev–Trinajstić information content (AvgIpc) is 2.07. The van der Waals surface area contributed by atoms with Gasteiger partial charge >= 0.3 is 0 Å². The molecule has 2 nitrogen and oxygen atoms in total. The van der Waals surface area contributed by atoms with Crippen molar-refractivity contribution in [3.63, 3.8) is 0 Å². The molecule has 6 heteroatoms. The van der Waals surface area contributed by atoms with Gasteiger partial charge in [-0.2, -0.15) is 0 Å². The standard InChI is InChI=1S/C7H6BrF3N2/c8-1-3-5(6(10)11)4(9)2-13-7(3)12/h2,6H,1H2,(H2,12,13). The molecular weight excluding hydrogens is 249 g/mol. The highest BCUT2D eigenvalue weighted by Gasteiger charge is 2.20. The van der Waals surface area contributed by atoms with E-state index in [1.165, 1.54) is 0 Å². The third-order valence-corrected chi connectivity index (χ3v) is 2.12. The Morgan fingerprint density at radius 1 is 1.54 bits per heavy atom. The molecule has 0 fully saturated rings. The molecule has 0 aromatic carbocycles. The van der Waals surface area contributed by atoms with Crippen molar-refractivity contribution in [2.45, 2.75) is 11.8 Å². The Balaban J connectivity index is 3.35. The van der Waals surface area contributed by atoms with Gasteiger partial charge in [0.15, 0.2) is 5.82 Å². The van der Waals surface area contributed by atoms with E-state index in [0.29, 0.717) is 6.20 Å². The summed E-state index contributed by atoms with van der Waals surface area (Å²) in [5, 5.41) is 0.0588. The Hall–Kier alpha value is -0.780. The molecule has 13 heavy (non-hydrogen) atoms. The van der Waals surface area contributed by atoms with E-state index in [1.54, 1.807) is 0 Å². The van der Waals surface area contributed by atoms with Gasteiger partial charge in [0.25, 0.3) is 6.43 Å². The number of hydrogen-bond donors (Lipinski definition) is 1. The highest BCUT2D eigenvalue weighted by atomic mass is 79.9. The number of pyridine rings is 1. The van der Waals surface area contributed by atoms with Crippen molar-refractivity contribution >= 4 is 21.7 Å². The summed E-state index contributed by atoms with van der Waals surface area (Å²) in [6.45, 7) is 0. The maximum atomic E-state index is 12.8. The summed E-state index contributed by atoms with van der Waals surface area (Å²) in [7, 11) is 0. The molecule has 0 spiro atoms. The lowest BCUT2D eigenvalue weighted by atomic mass is 10.1. The van der Waals surface area contributed by atoms with Crippen LogP contribution in [0, 0.1) is 5.82 Å². The van der Waals surface area contributed by atoms with Gasteiger partial charge in [0.05, 0.1) is 11.8 Å². The number of nitrogens with two attached hydrogens (primary N) is 1. The number of hydrogen-bond acceptors (Lipinski definition) is 2. The van der Waals surface area contributed by atoms with Crippen LogP contribution in [-0.2, 0) is 5.33 Å². The second kappa shape index (κ2) is 3.95. The van der Waals surface area contributed by atoms with Crippen molar-refractivity contribution in [2.75, 3.05) is 5.73 Å². The normalized spacial score (nSPS) is 10.8. The molecule has 0 atom stereocenters. The molecule has 1 aromatic heterocycles. The highest BCUT2D eigenvalue weighted by Crippen LogP contribution is 2.29. The zero-order chi connectivity index (χ0) is 10.0. The lowest BCUT2D eigenvalue weighted by Crippen LogP contribution is -2.04. The van der Waals surface area contributed by atoms with Crippen molar-refractivity contribution in [2.24, 2.45) is 0 Å². The third kappa shape index (κ3) is 1.93. The van der Waals surface area contributed by atoms with Crippen molar-refractivity contribution in [1.82, 2.24) is 4.98 Å². The maximum Gasteiger partial charge on any atom is 0.267 e. The molecule has 0 unspecified atom stereocenters. The van der Waals surface area contributed by atoms with Gasteiger partial charge in [-0.25, -0.2) is 18.2 Å². The largest absolute Gasteiger partial charge is 0.383 e. The van der Waals surface area contributed by atoms with Crippen LogP contribution in [0.3, 0.4) is 0 Å². The maximum absolute atomic E-state index is 12.8. The Kier molecular flexibility index (Phi) is 3.13. The summed E-state index contributed by atoms with van der Waals surface area (Å²) in [6.07, 6.45) is -2.18. The molecule has 0 saturated heterocycles. The lowest BCUT2D eigenvalue weighted by Gasteiger charge is -2.08. The molecular formula is C7H6BrF3N2. The van der Waals surface area contributed by atoms with Crippen molar-refractivity contribution in [3.8, 4) is 0 Å². The van der Waals surface area contributed by atoms with Gasteiger partial charge in [-0.3, -0.25) is 0 Å². The number of rotatable bonds is 2. The van der Waals surface area contributed by atoms with Gasteiger partial charge in [0.2, 0.25) is 0 Å². The first-order chi connectivity index (χ1) is 6.07. The summed E-state index contributed by atoms with van der Waals surface area (Å²) >= 11 is 2.94. The minimum absolute atomic E-state index is 0.00926. The molecule has 0 bridgehead atoms. The molecule has 0 amide bonds. The van der Waals surface area contributed by atoms with E-state index in [-0.39, 0.29) is 16.7 Å². The minimum Gasteiger partial charge on any atom is -0.383 e. The number of nitrogen functional groups attached to an aromatic ring is 1. The first kappa shape index (κ1) is 10.3. The van der Waals surface area contributed by atoms with E-state index in [4.69, 9.17) is 5.73 Å². The van der Waals surface area contributed by atoms with Gasteiger partial charge in [-0.1, -0.05) is 15.9 Å². The Morgan fingerprint density at radius 2 is 2.15 bits per heavy atom. The average molecular weight is 255 g/mol. The summed E-state index contributed by atoms with van der Waals surface area (Å²) in [5.74, 6) is -1.10. The van der Waals surface area contributed by atoms with Crippen molar-refractivity contribution < 1.29 is 13.2 Å². The monoisotopic (exact) mass is 254 g/mol. The first-order valence-corrected chi connectivity index (χ1v) is 4.47. The summed E-state index contributed by atoms with van der Waals surface area (Å²) < 4.78 is 37.5. The predicted molar refractivity (Wildman–Crippen MR) is 46.2 cm³/mol. The molecule has 1 aromatic rings. The van der Waals surface area contributed by atoms with E-state index in [9.17, 15) is 13.2 Å². The van der Waals surface area contributed by atoms with Crippen LogP contribution in [0.1, 0.15) is 17.6 Å². The van der Waals surface area contributed by atoms with Crippen LogP contribution in [0.4, 0.5) is 19.0 Å². The molecule has 0 aliphatic carbocycles. The zero-order valence-corrected chi connectivity index (χ0v) is 7.98. The van der Waals surface area contributed by atoms with Crippen LogP contribution >= 0.6 is 15.9 Å². The Morgan fingerprint density at radius 3 is 2.54 bits per heavy atom. The van der Waals surface area contributed by atoms with Crippen LogP contribution < -0.4 is 5.73 Å². The molecule has 0 saturated carbocycles. The lowest BCUT2D eigenvalue weighted by molar-refractivity contribution is 0.145. The molecule has 0 aliphatic rings. The number of halogens is 4.